The lowest BCUT2D eigenvalue weighted by atomic mass is 10.0. The molecule has 1 N–H and O–H groups in total. The first-order valence-corrected chi connectivity index (χ1v) is 6.66. The van der Waals surface area contributed by atoms with Gasteiger partial charge in [-0.25, -0.2) is 0 Å². The molecule has 0 aliphatic heterocycles. The van der Waals surface area contributed by atoms with Crippen LogP contribution in [0.25, 0.3) is 0 Å². The predicted molar refractivity (Wildman–Crippen MR) is 82.5 cm³/mol. The first kappa shape index (κ1) is 15.5. The Morgan fingerprint density at radius 2 is 1.16 bits per heavy atom. The summed E-state index contributed by atoms with van der Waals surface area (Å²) in [4.78, 5) is 0. The molecule has 102 valence electrons. The molecule has 0 aromatic heterocycles. The third-order valence-corrected chi connectivity index (χ3v) is 3.76. The van der Waals surface area contributed by atoms with Crippen molar-refractivity contribution in [3.63, 3.8) is 0 Å². The van der Waals surface area contributed by atoms with Gasteiger partial charge < -0.3 is 5.11 Å². The van der Waals surface area contributed by atoms with E-state index in [2.05, 4.69) is 39.8 Å². The van der Waals surface area contributed by atoms with E-state index < -0.39 is 0 Å². The second-order valence-corrected chi connectivity index (χ2v) is 5.03. The van der Waals surface area contributed by atoms with Gasteiger partial charge in [-0.2, -0.15) is 0 Å². The topological polar surface area (TPSA) is 20.2 Å². The number of rotatable bonds is 1. The smallest absolute Gasteiger partial charge is 0.0684 e. The van der Waals surface area contributed by atoms with Gasteiger partial charge in [-0.05, 0) is 68.0 Å². The molecule has 2 aromatic rings. The predicted octanol–water partition coefficient (Wildman–Crippen LogP) is 4.41. The summed E-state index contributed by atoms with van der Waals surface area (Å²) in [6.45, 7) is 10.8. The van der Waals surface area contributed by atoms with E-state index >= 15 is 0 Å². The molecule has 0 aliphatic carbocycles. The fourth-order valence-electron chi connectivity index (χ4n) is 1.88. The molecule has 0 radical (unpaired) electrons. The van der Waals surface area contributed by atoms with Crippen molar-refractivity contribution in [1.82, 2.24) is 0 Å². The number of hydrogen-bond acceptors (Lipinski definition) is 1. The van der Waals surface area contributed by atoms with E-state index in [0.717, 1.165) is 11.1 Å². The highest BCUT2D eigenvalue weighted by Crippen LogP contribution is 2.15. The van der Waals surface area contributed by atoms with Crippen molar-refractivity contribution >= 4 is 0 Å². The van der Waals surface area contributed by atoms with Crippen LogP contribution < -0.4 is 0 Å². The lowest BCUT2D eigenvalue weighted by molar-refractivity contribution is 0.281. The Kier molecular flexibility index (Phi) is 5.78. The van der Waals surface area contributed by atoms with Crippen molar-refractivity contribution < 1.29 is 5.11 Å². The molecule has 0 heterocycles. The van der Waals surface area contributed by atoms with E-state index in [1.54, 1.807) is 0 Å². The lowest BCUT2D eigenvalue weighted by Gasteiger charge is -2.06. The van der Waals surface area contributed by atoms with E-state index in [9.17, 15) is 0 Å². The maximum Gasteiger partial charge on any atom is 0.0684 e. The van der Waals surface area contributed by atoms with Crippen molar-refractivity contribution in [2.75, 3.05) is 0 Å². The van der Waals surface area contributed by atoms with Gasteiger partial charge in [0, 0.05) is 0 Å². The minimum absolute atomic E-state index is 0.146. The minimum Gasteiger partial charge on any atom is -0.392 e. The van der Waals surface area contributed by atoms with Gasteiger partial charge in [0.05, 0.1) is 6.61 Å². The van der Waals surface area contributed by atoms with Crippen molar-refractivity contribution in [2.45, 2.75) is 41.2 Å². The van der Waals surface area contributed by atoms with Crippen LogP contribution in [0.15, 0.2) is 36.4 Å². The number of hydrogen-bond donors (Lipinski definition) is 1. The molecule has 0 unspecified atom stereocenters. The molecule has 0 spiro atoms. The first-order chi connectivity index (χ1) is 8.97. The fourth-order valence-corrected chi connectivity index (χ4v) is 1.88. The van der Waals surface area contributed by atoms with Crippen LogP contribution in [0.2, 0.25) is 0 Å². The van der Waals surface area contributed by atoms with Gasteiger partial charge in [0.25, 0.3) is 0 Å². The van der Waals surface area contributed by atoms with Gasteiger partial charge >= 0.3 is 0 Å². The molecule has 0 atom stereocenters. The summed E-state index contributed by atoms with van der Waals surface area (Å²) in [5.41, 5.74) is 7.81. The van der Waals surface area contributed by atoms with E-state index in [4.69, 9.17) is 5.11 Å². The maximum atomic E-state index is 8.72. The molecule has 1 heteroatoms. The van der Waals surface area contributed by atoms with E-state index in [0.29, 0.717) is 0 Å². The van der Waals surface area contributed by atoms with Crippen LogP contribution in [0, 0.1) is 34.6 Å². The zero-order valence-electron chi connectivity index (χ0n) is 12.6. The van der Waals surface area contributed by atoms with Crippen LogP contribution in [0.3, 0.4) is 0 Å². The normalized spacial score (nSPS) is 9.79. The number of aliphatic hydroxyl groups excluding tert-OH is 1. The Hall–Kier alpha value is -1.60. The van der Waals surface area contributed by atoms with Crippen LogP contribution in [0.1, 0.15) is 33.4 Å². The Morgan fingerprint density at radius 1 is 0.684 bits per heavy atom. The van der Waals surface area contributed by atoms with Crippen LogP contribution in [-0.2, 0) is 6.61 Å². The Bertz CT molecular complexity index is 514. The van der Waals surface area contributed by atoms with Crippen LogP contribution in [0.5, 0.6) is 0 Å². The molecular weight excluding hydrogens is 232 g/mol. The Labute approximate surface area is 116 Å². The number of aliphatic hydroxyl groups is 1. The summed E-state index contributed by atoms with van der Waals surface area (Å²) < 4.78 is 0. The summed E-state index contributed by atoms with van der Waals surface area (Å²) in [6.07, 6.45) is 0. The molecule has 19 heavy (non-hydrogen) atoms. The lowest BCUT2D eigenvalue weighted by Crippen LogP contribution is -1.88. The molecule has 2 aromatic carbocycles. The number of aryl methyl sites for hydroxylation is 3. The van der Waals surface area contributed by atoms with Gasteiger partial charge in [0.1, 0.15) is 0 Å². The Morgan fingerprint density at radius 3 is 1.53 bits per heavy atom. The molecule has 0 fully saturated rings. The molecule has 0 bridgehead atoms. The third-order valence-electron chi connectivity index (χ3n) is 3.76. The second kappa shape index (κ2) is 7.10. The fraction of sp³-hybridized carbons (Fsp3) is 0.333. The molecule has 0 amide bonds. The average molecular weight is 256 g/mol. The van der Waals surface area contributed by atoms with Gasteiger partial charge in [0.15, 0.2) is 0 Å². The standard InChI is InChI=1S/C10H14.C8H10O/c1-7-5-6-8(2)10(4)9(7)3;1-7-4-2-3-5-8(7)6-9/h5-6H,1-4H3;2-5,9H,6H2,1H3. The van der Waals surface area contributed by atoms with E-state index in [1.165, 1.54) is 22.3 Å². The summed E-state index contributed by atoms with van der Waals surface area (Å²) >= 11 is 0. The van der Waals surface area contributed by atoms with Gasteiger partial charge in [0.2, 0.25) is 0 Å². The van der Waals surface area contributed by atoms with Crippen molar-refractivity contribution in [2.24, 2.45) is 0 Å². The summed E-state index contributed by atoms with van der Waals surface area (Å²) in [5.74, 6) is 0. The summed E-state index contributed by atoms with van der Waals surface area (Å²) in [6, 6.07) is 12.2. The van der Waals surface area contributed by atoms with Crippen molar-refractivity contribution in [3.05, 3.63) is 69.8 Å². The van der Waals surface area contributed by atoms with E-state index in [1.807, 2.05) is 31.2 Å². The molecule has 0 saturated heterocycles. The van der Waals surface area contributed by atoms with Crippen LogP contribution in [-0.4, -0.2) is 5.11 Å². The van der Waals surface area contributed by atoms with Crippen molar-refractivity contribution in [1.29, 1.82) is 0 Å². The molecule has 0 aliphatic rings. The highest BCUT2D eigenvalue weighted by molar-refractivity contribution is 5.37. The highest BCUT2D eigenvalue weighted by Gasteiger charge is 1.97. The SMILES string of the molecule is Cc1ccc(C)c(C)c1C.Cc1ccccc1CO. The third kappa shape index (κ3) is 4.22. The van der Waals surface area contributed by atoms with Crippen LogP contribution >= 0.6 is 0 Å². The zero-order chi connectivity index (χ0) is 14.4. The largest absolute Gasteiger partial charge is 0.392 e. The number of benzene rings is 2. The van der Waals surface area contributed by atoms with Gasteiger partial charge in [-0.1, -0.05) is 36.4 Å². The maximum absolute atomic E-state index is 8.72. The van der Waals surface area contributed by atoms with Crippen molar-refractivity contribution in [3.8, 4) is 0 Å². The molecule has 2 rings (SSSR count). The molecule has 1 nitrogen and oxygen atoms in total. The van der Waals surface area contributed by atoms with Gasteiger partial charge in [-0.3, -0.25) is 0 Å². The molecular formula is C18H24O. The highest BCUT2D eigenvalue weighted by atomic mass is 16.3. The average Bonchev–Trinajstić information content (AvgIpc) is 2.42. The summed E-state index contributed by atoms with van der Waals surface area (Å²) in [7, 11) is 0. The summed E-state index contributed by atoms with van der Waals surface area (Å²) in [5, 5.41) is 8.72. The van der Waals surface area contributed by atoms with Crippen LogP contribution in [0.4, 0.5) is 0 Å². The monoisotopic (exact) mass is 256 g/mol. The van der Waals surface area contributed by atoms with Gasteiger partial charge in [-0.15, -0.1) is 0 Å². The quantitative estimate of drug-likeness (QED) is 0.801. The zero-order valence-corrected chi connectivity index (χ0v) is 12.6. The first-order valence-electron chi connectivity index (χ1n) is 6.66. The molecule has 0 saturated carbocycles. The second-order valence-electron chi connectivity index (χ2n) is 5.03. The minimum atomic E-state index is 0.146. The van der Waals surface area contributed by atoms with E-state index in [-0.39, 0.29) is 6.61 Å². The Balaban J connectivity index is 0.000000191.